The zero-order chi connectivity index (χ0) is 23.5. The highest BCUT2D eigenvalue weighted by atomic mass is 32.2. The van der Waals surface area contributed by atoms with E-state index in [1.165, 1.54) is 34.6 Å². The van der Waals surface area contributed by atoms with Crippen LogP contribution in [0.15, 0.2) is 47.4 Å². The van der Waals surface area contributed by atoms with Crippen LogP contribution >= 0.6 is 0 Å². The van der Waals surface area contributed by atoms with E-state index >= 15 is 0 Å². The summed E-state index contributed by atoms with van der Waals surface area (Å²) >= 11 is 0. The van der Waals surface area contributed by atoms with Crippen molar-refractivity contribution in [3.63, 3.8) is 0 Å². The predicted octanol–water partition coefficient (Wildman–Crippen LogP) is 3.43. The molecule has 0 unspecified atom stereocenters. The molecule has 32 heavy (non-hydrogen) atoms. The third-order valence-electron chi connectivity index (χ3n) is 5.10. The highest BCUT2D eigenvalue weighted by Crippen LogP contribution is 2.26. The molecule has 3 rings (SSSR count). The topological polar surface area (TPSA) is 92.8 Å². The summed E-state index contributed by atoms with van der Waals surface area (Å²) in [7, 11) is -3.68. The second-order valence-corrected chi connectivity index (χ2v) is 9.98. The first-order valence-corrected chi connectivity index (χ1v) is 11.5. The number of rotatable bonds is 6. The third kappa shape index (κ3) is 5.68. The van der Waals surface area contributed by atoms with E-state index < -0.39 is 40.1 Å². The lowest BCUT2D eigenvalue weighted by Gasteiger charge is -2.34. The van der Waals surface area contributed by atoms with Gasteiger partial charge in [-0.25, -0.2) is 22.0 Å². The number of nitrogens with zero attached hydrogens (tertiary/aromatic N) is 1. The standard InChI is InChI=1S/C22H24F2N2O5S/c1-14-9-15(2)12-26(11-14)32(29,30)18-6-3-16(4-7-18)22(28)31-13-21(27)25-17-5-8-19(23)20(24)10-17/h3-8,10,14-15H,9,11-13H2,1-2H3,(H,25,27)/t14-,15-/m1/s1. The third-order valence-corrected chi connectivity index (χ3v) is 6.95. The molecule has 2 aromatic rings. The van der Waals surface area contributed by atoms with E-state index in [1.807, 2.05) is 13.8 Å². The summed E-state index contributed by atoms with van der Waals surface area (Å²) in [5.41, 5.74) is 0.0887. The molecule has 1 aliphatic rings. The molecule has 0 spiro atoms. The van der Waals surface area contributed by atoms with Gasteiger partial charge in [0.25, 0.3) is 5.91 Å². The van der Waals surface area contributed by atoms with Crippen LogP contribution in [-0.4, -0.2) is 44.3 Å². The van der Waals surface area contributed by atoms with Gasteiger partial charge < -0.3 is 10.1 Å². The first-order valence-electron chi connectivity index (χ1n) is 10.1. The predicted molar refractivity (Wildman–Crippen MR) is 113 cm³/mol. The van der Waals surface area contributed by atoms with E-state index in [1.54, 1.807) is 0 Å². The second-order valence-electron chi connectivity index (χ2n) is 8.05. The average Bonchev–Trinajstić information content (AvgIpc) is 2.74. The molecule has 172 valence electrons. The molecule has 1 amide bonds. The number of esters is 1. The lowest BCUT2D eigenvalue weighted by atomic mass is 9.94. The fourth-order valence-electron chi connectivity index (χ4n) is 3.70. The number of nitrogens with one attached hydrogen (secondary N) is 1. The van der Waals surface area contributed by atoms with Gasteiger partial charge in [0.2, 0.25) is 10.0 Å². The highest BCUT2D eigenvalue weighted by Gasteiger charge is 2.31. The monoisotopic (exact) mass is 466 g/mol. The van der Waals surface area contributed by atoms with Crippen LogP contribution in [0.25, 0.3) is 0 Å². The van der Waals surface area contributed by atoms with E-state index in [0.717, 1.165) is 18.6 Å². The quantitative estimate of drug-likeness (QED) is 0.659. The van der Waals surface area contributed by atoms with Gasteiger partial charge in [-0.05, 0) is 54.7 Å². The van der Waals surface area contributed by atoms with Crippen molar-refractivity contribution < 1.29 is 31.5 Å². The molecular formula is C22H24F2N2O5S. The van der Waals surface area contributed by atoms with Crippen LogP contribution < -0.4 is 5.32 Å². The maximum Gasteiger partial charge on any atom is 0.338 e. The summed E-state index contributed by atoms with van der Waals surface area (Å²) in [5, 5.41) is 2.28. The minimum Gasteiger partial charge on any atom is -0.452 e. The van der Waals surface area contributed by atoms with Crippen molar-refractivity contribution in [1.82, 2.24) is 4.31 Å². The van der Waals surface area contributed by atoms with Gasteiger partial charge >= 0.3 is 5.97 Å². The summed E-state index contributed by atoms with van der Waals surface area (Å²) in [4.78, 5) is 24.1. The number of sulfonamides is 1. The van der Waals surface area contributed by atoms with Gasteiger partial charge in [-0.1, -0.05) is 13.8 Å². The van der Waals surface area contributed by atoms with Gasteiger partial charge in [-0.3, -0.25) is 4.79 Å². The number of benzene rings is 2. The highest BCUT2D eigenvalue weighted by molar-refractivity contribution is 7.89. The molecule has 1 fully saturated rings. The molecule has 0 aliphatic carbocycles. The van der Waals surface area contributed by atoms with Crippen molar-refractivity contribution in [3.8, 4) is 0 Å². The Bertz CT molecular complexity index is 1100. The summed E-state index contributed by atoms with van der Waals surface area (Å²) in [6, 6.07) is 8.13. The normalized spacial score (nSPS) is 19.4. The van der Waals surface area contributed by atoms with E-state index in [2.05, 4.69) is 5.32 Å². The van der Waals surface area contributed by atoms with Gasteiger partial charge in [0.05, 0.1) is 10.5 Å². The molecule has 1 heterocycles. The van der Waals surface area contributed by atoms with E-state index in [4.69, 9.17) is 4.74 Å². The second kappa shape index (κ2) is 9.74. The van der Waals surface area contributed by atoms with Gasteiger partial charge in [-0.15, -0.1) is 0 Å². The summed E-state index contributed by atoms with van der Waals surface area (Å²) in [5.74, 6) is -3.21. The van der Waals surface area contributed by atoms with Crippen LogP contribution in [0.3, 0.4) is 0 Å². The number of anilines is 1. The van der Waals surface area contributed by atoms with Gasteiger partial charge in [0, 0.05) is 24.8 Å². The fraction of sp³-hybridized carbons (Fsp3) is 0.364. The Balaban J connectivity index is 1.58. The Morgan fingerprint density at radius 1 is 1.03 bits per heavy atom. The minimum absolute atomic E-state index is 0.0147. The molecule has 10 heteroatoms. The summed E-state index contributed by atoms with van der Waals surface area (Å²) < 4.78 is 58.3. The van der Waals surface area contributed by atoms with Crippen molar-refractivity contribution in [1.29, 1.82) is 0 Å². The lowest BCUT2D eigenvalue weighted by molar-refractivity contribution is -0.119. The van der Waals surface area contributed by atoms with Gasteiger partial charge in [0.15, 0.2) is 18.2 Å². The smallest absolute Gasteiger partial charge is 0.338 e. The molecule has 1 aliphatic heterocycles. The molecule has 1 N–H and O–H groups in total. The van der Waals surface area contributed by atoms with Gasteiger partial charge in [-0.2, -0.15) is 4.31 Å². The first-order chi connectivity index (χ1) is 15.1. The maximum atomic E-state index is 13.2. The number of halogens is 2. The number of carbonyl (C=O) groups is 2. The van der Waals surface area contributed by atoms with Crippen molar-refractivity contribution >= 4 is 27.6 Å². The van der Waals surface area contributed by atoms with Crippen LogP contribution in [0.5, 0.6) is 0 Å². The molecule has 0 aromatic heterocycles. The SMILES string of the molecule is C[C@@H]1C[C@@H](C)CN(S(=O)(=O)c2ccc(C(=O)OCC(=O)Nc3ccc(F)c(F)c3)cc2)C1. The molecule has 1 saturated heterocycles. The zero-order valence-corrected chi connectivity index (χ0v) is 18.5. The summed E-state index contributed by atoms with van der Waals surface area (Å²) in [6.07, 6.45) is 0.973. The lowest BCUT2D eigenvalue weighted by Crippen LogP contribution is -2.42. The molecule has 0 radical (unpaired) electrons. The number of hydrogen-bond acceptors (Lipinski definition) is 5. The van der Waals surface area contributed by atoms with E-state index in [-0.39, 0.29) is 28.0 Å². The molecular weight excluding hydrogens is 442 g/mol. The van der Waals surface area contributed by atoms with Crippen LogP contribution in [0.2, 0.25) is 0 Å². The molecule has 0 saturated carbocycles. The summed E-state index contributed by atoms with van der Waals surface area (Å²) in [6.45, 7) is 4.27. The van der Waals surface area contributed by atoms with Crippen molar-refractivity contribution in [3.05, 3.63) is 59.7 Å². The Kier molecular flexibility index (Phi) is 7.25. The largest absolute Gasteiger partial charge is 0.452 e. The number of ether oxygens (including phenoxy) is 1. The Morgan fingerprint density at radius 2 is 1.66 bits per heavy atom. The molecule has 2 atom stereocenters. The number of amides is 1. The Labute approximate surface area is 185 Å². The molecule has 0 bridgehead atoms. The Morgan fingerprint density at radius 3 is 2.25 bits per heavy atom. The van der Waals surface area contributed by atoms with E-state index in [9.17, 15) is 26.8 Å². The van der Waals surface area contributed by atoms with Crippen LogP contribution in [0.4, 0.5) is 14.5 Å². The maximum absolute atomic E-state index is 13.2. The zero-order valence-electron chi connectivity index (χ0n) is 17.7. The Hall–Kier alpha value is -2.85. The fourth-order valence-corrected chi connectivity index (χ4v) is 5.38. The van der Waals surface area contributed by atoms with Crippen LogP contribution in [0.1, 0.15) is 30.6 Å². The van der Waals surface area contributed by atoms with E-state index in [0.29, 0.717) is 13.1 Å². The van der Waals surface area contributed by atoms with Crippen molar-refractivity contribution in [2.75, 3.05) is 25.0 Å². The van der Waals surface area contributed by atoms with Crippen LogP contribution in [0, 0.1) is 23.5 Å². The molecule has 2 aromatic carbocycles. The molecule has 7 nitrogen and oxygen atoms in total. The van der Waals surface area contributed by atoms with Crippen LogP contribution in [-0.2, 0) is 19.6 Å². The minimum atomic E-state index is -3.68. The van der Waals surface area contributed by atoms with Gasteiger partial charge in [0.1, 0.15) is 0 Å². The average molecular weight is 467 g/mol. The van der Waals surface area contributed by atoms with Crippen molar-refractivity contribution in [2.24, 2.45) is 11.8 Å². The first kappa shape index (κ1) is 23.8. The van der Waals surface area contributed by atoms with Crippen molar-refractivity contribution in [2.45, 2.75) is 25.2 Å². The number of carbonyl (C=O) groups excluding carboxylic acids is 2. The number of hydrogen-bond donors (Lipinski definition) is 1. The number of piperidine rings is 1.